The normalized spacial score (nSPS) is 11.2. The van der Waals surface area contributed by atoms with Gasteiger partial charge in [-0.25, -0.2) is 4.79 Å². The van der Waals surface area contributed by atoms with Crippen molar-refractivity contribution in [1.29, 1.82) is 0 Å². The molecule has 1 N–H and O–H groups in total. The van der Waals surface area contributed by atoms with Crippen molar-refractivity contribution < 1.29 is 14.6 Å². The van der Waals surface area contributed by atoms with E-state index in [0.717, 1.165) is 24.3 Å². The first-order valence-electron chi connectivity index (χ1n) is 6.24. The molecule has 104 valence electrons. The first kappa shape index (κ1) is 15.2. The third kappa shape index (κ3) is 5.57. The third-order valence-corrected chi connectivity index (χ3v) is 2.92. The van der Waals surface area contributed by atoms with Crippen LogP contribution in [0.3, 0.4) is 0 Å². The molecule has 0 saturated heterocycles. The van der Waals surface area contributed by atoms with E-state index in [9.17, 15) is 4.79 Å². The minimum absolute atomic E-state index is 0.640. The van der Waals surface area contributed by atoms with E-state index in [4.69, 9.17) is 9.84 Å². The second-order valence-corrected chi connectivity index (χ2v) is 4.56. The minimum atomic E-state index is -0.904. The van der Waals surface area contributed by atoms with E-state index in [1.54, 1.807) is 13.2 Å². The molecule has 0 unspecified atom stereocenters. The molecule has 1 aromatic rings. The van der Waals surface area contributed by atoms with Gasteiger partial charge >= 0.3 is 5.97 Å². The Morgan fingerprint density at radius 1 is 1.47 bits per heavy atom. The Kier molecular flexibility index (Phi) is 6.09. The Morgan fingerprint density at radius 3 is 2.79 bits per heavy atom. The highest BCUT2D eigenvalue weighted by Crippen LogP contribution is 2.18. The first-order chi connectivity index (χ1) is 9.02. The van der Waals surface area contributed by atoms with Gasteiger partial charge in [0, 0.05) is 19.2 Å². The van der Waals surface area contributed by atoms with Crippen molar-refractivity contribution in [3.05, 3.63) is 41.5 Å². The highest BCUT2D eigenvalue weighted by Gasteiger charge is 2.02. The Labute approximate surface area is 114 Å². The second-order valence-electron chi connectivity index (χ2n) is 4.56. The number of aryl methyl sites for hydroxylation is 1. The van der Waals surface area contributed by atoms with Gasteiger partial charge in [-0.15, -0.1) is 0 Å². The Bertz CT molecular complexity index is 455. The largest absolute Gasteiger partial charge is 0.496 e. The molecule has 0 spiro atoms. The molecule has 19 heavy (non-hydrogen) atoms. The van der Waals surface area contributed by atoms with E-state index in [1.807, 2.05) is 20.0 Å². The summed E-state index contributed by atoms with van der Waals surface area (Å²) >= 11 is 0. The highest BCUT2D eigenvalue weighted by molar-refractivity contribution is 5.79. The van der Waals surface area contributed by atoms with E-state index >= 15 is 0 Å². The summed E-state index contributed by atoms with van der Waals surface area (Å²) in [6.07, 6.45) is 3.76. The van der Waals surface area contributed by atoms with Crippen LogP contribution in [0, 0.1) is 6.92 Å². The van der Waals surface area contributed by atoms with Crippen molar-refractivity contribution >= 4 is 5.97 Å². The monoisotopic (exact) mass is 263 g/mol. The molecule has 0 aliphatic rings. The number of methoxy groups -OCH3 is 1. The van der Waals surface area contributed by atoms with Crippen molar-refractivity contribution in [1.82, 2.24) is 4.90 Å². The van der Waals surface area contributed by atoms with Crippen LogP contribution in [0.5, 0.6) is 5.75 Å². The van der Waals surface area contributed by atoms with Gasteiger partial charge in [0.2, 0.25) is 0 Å². The summed E-state index contributed by atoms with van der Waals surface area (Å²) in [6, 6.07) is 6.17. The topological polar surface area (TPSA) is 49.8 Å². The van der Waals surface area contributed by atoms with E-state index in [-0.39, 0.29) is 0 Å². The zero-order valence-electron chi connectivity index (χ0n) is 11.7. The van der Waals surface area contributed by atoms with Gasteiger partial charge in [-0.05, 0) is 37.6 Å². The lowest BCUT2D eigenvalue weighted by molar-refractivity contribution is -0.131. The number of ether oxygens (including phenoxy) is 1. The van der Waals surface area contributed by atoms with Gasteiger partial charge in [-0.2, -0.15) is 0 Å². The average molecular weight is 263 g/mol. The molecule has 0 atom stereocenters. The fourth-order valence-electron chi connectivity index (χ4n) is 1.84. The van der Waals surface area contributed by atoms with Crippen LogP contribution in [0.1, 0.15) is 11.1 Å². The van der Waals surface area contributed by atoms with Gasteiger partial charge < -0.3 is 14.7 Å². The van der Waals surface area contributed by atoms with Crippen LogP contribution in [0.4, 0.5) is 0 Å². The quantitative estimate of drug-likeness (QED) is 0.766. The van der Waals surface area contributed by atoms with Gasteiger partial charge in [0.05, 0.1) is 7.11 Å². The number of nitrogens with zero attached hydrogens (tertiary/aromatic N) is 1. The lowest BCUT2D eigenvalue weighted by Crippen LogP contribution is -2.21. The molecule has 0 saturated carbocycles. The van der Waals surface area contributed by atoms with E-state index in [0.29, 0.717) is 6.54 Å². The molecule has 0 aliphatic heterocycles. The van der Waals surface area contributed by atoms with Crippen molar-refractivity contribution in [3.63, 3.8) is 0 Å². The van der Waals surface area contributed by atoms with Crippen LogP contribution in [-0.4, -0.2) is 43.2 Å². The predicted molar refractivity (Wildman–Crippen MR) is 75.7 cm³/mol. The number of benzene rings is 1. The van der Waals surface area contributed by atoms with E-state index in [1.165, 1.54) is 11.6 Å². The molecule has 0 aliphatic carbocycles. The molecule has 0 heterocycles. The number of aliphatic carboxylic acids is 1. The maximum absolute atomic E-state index is 10.3. The van der Waals surface area contributed by atoms with Crippen molar-refractivity contribution in [2.24, 2.45) is 0 Å². The highest BCUT2D eigenvalue weighted by atomic mass is 16.5. The van der Waals surface area contributed by atoms with Gasteiger partial charge in [0.1, 0.15) is 5.75 Å². The van der Waals surface area contributed by atoms with Crippen molar-refractivity contribution in [2.45, 2.75) is 13.3 Å². The minimum Gasteiger partial charge on any atom is -0.496 e. The maximum Gasteiger partial charge on any atom is 0.328 e. The van der Waals surface area contributed by atoms with E-state index < -0.39 is 5.97 Å². The summed E-state index contributed by atoms with van der Waals surface area (Å²) in [6.45, 7) is 3.55. The standard InChI is InChI=1S/C15H21NO3/c1-12-11-13(6-7-14(12)19-3)8-10-16(2)9-4-5-15(17)18/h4-7,11H,8-10H2,1-3H3,(H,17,18)/b5-4+. The van der Waals surface area contributed by atoms with Crippen molar-refractivity contribution in [3.8, 4) is 5.75 Å². The van der Waals surface area contributed by atoms with Crippen molar-refractivity contribution in [2.75, 3.05) is 27.2 Å². The number of hydrogen-bond donors (Lipinski definition) is 1. The zero-order chi connectivity index (χ0) is 14.3. The van der Waals surface area contributed by atoms with Crippen LogP contribution in [0.25, 0.3) is 0 Å². The van der Waals surface area contributed by atoms with Gasteiger partial charge in [-0.3, -0.25) is 0 Å². The summed E-state index contributed by atoms with van der Waals surface area (Å²) in [7, 11) is 3.65. The number of carboxylic acid groups (broad SMARTS) is 1. The van der Waals surface area contributed by atoms with Crippen LogP contribution < -0.4 is 4.74 Å². The molecule has 1 aromatic carbocycles. The lowest BCUT2D eigenvalue weighted by Gasteiger charge is -2.14. The van der Waals surface area contributed by atoms with Gasteiger partial charge in [-0.1, -0.05) is 18.2 Å². The van der Waals surface area contributed by atoms with Crippen LogP contribution in [0.15, 0.2) is 30.4 Å². The third-order valence-electron chi connectivity index (χ3n) is 2.92. The molecular formula is C15H21NO3. The zero-order valence-corrected chi connectivity index (χ0v) is 11.7. The molecule has 0 bridgehead atoms. The Hall–Kier alpha value is -1.81. The fraction of sp³-hybridized carbons (Fsp3) is 0.400. The summed E-state index contributed by atoms with van der Waals surface area (Å²) in [5, 5.41) is 8.50. The van der Waals surface area contributed by atoms with Gasteiger partial charge in [0.25, 0.3) is 0 Å². The summed E-state index contributed by atoms with van der Waals surface area (Å²) in [4.78, 5) is 12.4. The molecule has 4 nitrogen and oxygen atoms in total. The number of carbonyl (C=O) groups is 1. The molecular weight excluding hydrogens is 242 g/mol. The molecule has 0 amide bonds. The first-order valence-corrected chi connectivity index (χ1v) is 6.24. The smallest absolute Gasteiger partial charge is 0.328 e. The SMILES string of the molecule is COc1ccc(CCN(C)C/C=C/C(=O)O)cc1C. The lowest BCUT2D eigenvalue weighted by atomic mass is 10.1. The summed E-state index contributed by atoms with van der Waals surface area (Å²) in [5.41, 5.74) is 2.39. The fourth-order valence-corrected chi connectivity index (χ4v) is 1.84. The summed E-state index contributed by atoms with van der Waals surface area (Å²) < 4.78 is 5.23. The molecule has 0 aromatic heterocycles. The molecule has 0 fully saturated rings. The number of likely N-dealkylation sites (N-methyl/N-ethyl adjacent to an activating group) is 1. The number of hydrogen-bond acceptors (Lipinski definition) is 3. The molecule has 0 radical (unpaired) electrons. The average Bonchev–Trinajstić information content (AvgIpc) is 2.36. The molecule has 1 rings (SSSR count). The molecule has 4 heteroatoms. The van der Waals surface area contributed by atoms with Crippen LogP contribution in [-0.2, 0) is 11.2 Å². The van der Waals surface area contributed by atoms with Crippen LogP contribution in [0.2, 0.25) is 0 Å². The Balaban J connectivity index is 2.43. The second kappa shape index (κ2) is 7.59. The number of carboxylic acids is 1. The maximum atomic E-state index is 10.3. The number of rotatable bonds is 7. The predicted octanol–water partition coefficient (Wildman–Crippen LogP) is 2.12. The van der Waals surface area contributed by atoms with E-state index in [2.05, 4.69) is 17.0 Å². The Morgan fingerprint density at radius 2 is 2.21 bits per heavy atom. The van der Waals surface area contributed by atoms with Crippen LogP contribution >= 0.6 is 0 Å². The summed E-state index contributed by atoms with van der Waals surface area (Å²) in [5.74, 6) is 0.000625. The van der Waals surface area contributed by atoms with Gasteiger partial charge in [0.15, 0.2) is 0 Å².